The first kappa shape index (κ1) is 14.1. The van der Waals surface area contributed by atoms with Crippen molar-refractivity contribution in [2.75, 3.05) is 18.8 Å². The molecule has 0 aromatic heterocycles. The monoisotopic (exact) mass is 286 g/mol. The van der Waals surface area contributed by atoms with Crippen molar-refractivity contribution in [3.8, 4) is 0 Å². The fraction of sp³-hybridized carbons (Fsp3) is 0.462. The van der Waals surface area contributed by atoms with Crippen molar-refractivity contribution in [2.24, 2.45) is 0 Å². The van der Waals surface area contributed by atoms with Crippen LogP contribution >= 0.6 is 11.8 Å². The summed E-state index contributed by atoms with van der Waals surface area (Å²) in [6, 6.07) is 2.14. The van der Waals surface area contributed by atoms with Gasteiger partial charge in [-0.2, -0.15) is 0 Å². The molecule has 1 aromatic rings. The van der Waals surface area contributed by atoms with Gasteiger partial charge in [0.2, 0.25) is 5.91 Å². The molecule has 1 heterocycles. The Bertz CT molecular complexity index is 467. The molecule has 2 rings (SSSR count). The van der Waals surface area contributed by atoms with E-state index in [0.29, 0.717) is 0 Å². The third-order valence-electron chi connectivity index (χ3n) is 3.08. The fourth-order valence-electron chi connectivity index (χ4n) is 2.11. The van der Waals surface area contributed by atoms with Gasteiger partial charge in [-0.1, -0.05) is 0 Å². The number of halogens is 2. The molecule has 1 aliphatic heterocycles. The van der Waals surface area contributed by atoms with Crippen LogP contribution in [0, 0.1) is 11.6 Å². The lowest BCUT2D eigenvalue weighted by molar-refractivity contribution is -0.129. The van der Waals surface area contributed by atoms with E-state index in [1.165, 1.54) is 0 Å². The Balaban J connectivity index is 2.10. The highest BCUT2D eigenvalue weighted by Gasteiger charge is 2.25. The normalized spacial score (nSPS) is 16.7. The Morgan fingerprint density at radius 2 is 1.84 bits per heavy atom. The average Bonchev–Trinajstić information content (AvgIpc) is 2.86. The van der Waals surface area contributed by atoms with Gasteiger partial charge >= 0.3 is 0 Å². The van der Waals surface area contributed by atoms with E-state index >= 15 is 0 Å². The van der Waals surface area contributed by atoms with E-state index in [9.17, 15) is 13.6 Å². The van der Waals surface area contributed by atoms with Crippen LogP contribution in [0.3, 0.4) is 0 Å². The molecule has 0 spiro atoms. The van der Waals surface area contributed by atoms with Crippen LogP contribution in [0.1, 0.15) is 19.8 Å². The highest BCUT2D eigenvalue weighted by atomic mass is 32.2. The lowest BCUT2D eigenvalue weighted by atomic mass is 10.3. The number of rotatable bonds is 3. The maximum absolute atomic E-state index is 13.6. The lowest BCUT2D eigenvalue weighted by Crippen LogP contribution is -2.34. The minimum absolute atomic E-state index is 0.0397. The molecular formula is C13H16F2N2OS. The van der Waals surface area contributed by atoms with Crippen molar-refractivity contribution in [3.05, 3.63) is 23.8 Å². The molecule has 2 N–H and O–H groups in total. The molecule has 3 nitrogen and oxygen atoms in total. The third kappa shape index (κ3) is 3.18. The van der Waals surface area contributed by atoms with Gasteiger partial charge in [0.15, 0.2) is 0 Å². The smallest absolute Gasteiger partial charge is 0.235 e. The average molecular weight is 286 g/mol. The Morgan fingerprint density at radius 3 is 2.37 bits per heavy atom. The number of hydrogen-bond donors (Lipinski definition) is 1. The van der Waals surface area contributed by atoms with E-state index in [1.807, 2.05) is 0 Å². The number of hydrogen-bond acceptors (Lipinski definition) is 3. The maximum atomic E-state index is 13.6. The number of benzene rings is 1. The van der Waals surface area contributed by atoms with Crippen molar-refractivity contribution in [3.63, 3.8) is 0 Å². The molecule has 6 heteroatoms. The van der Waals surface area contributed by atoms with E-state index in [0.717, 1.165) is 49.8 Å². The minimum Gasteiger partial charge on any atom is -0.399 e. The van der Waals surface area contributed by atoms with Crippen molar-refractivity contribution < 1.29 is 13.6 Å². The van der Waals surface area contributed by atoms with Gasteiger partial charge in [-0.05, 0) is 31.9 Å². The van der Waals surface area contributed by atoms with Gasteiger partial charge in [0, 0.05) is 18.8 Å². The zero-order valence-electron chi connectivity index (χ0n) is 10.7. The van der Waals surface area contributed by atoms with Crippen molar-refractivity contribution >= 4 is 23.4 Å². The number of thioether (sulfide) groups is 1. The summed E-state index contributed by atoms with van der Waals surface area (Å²) < 4.78 is 27.3. The maximum Gasteiger partial charge on any atom is 0.235 e. The minimum atomic E-state index is -0.719. The molecule has 0 bridgehead atoms. The van der Waals surface area contributed by atoms with Gasteiger partial charge in [-0.3, -0.25) is 4.79 Å². The summed E-state index contributed by atoms with van der Waals surface area (Å²) in [7, 11) is 0. The van der Waals surface area contributed by atoms with Crippen LogP contribution in [0.15, 0.2) is 17.0 Å². The lowest BCUT2D eigenvalue weighted by Gasteiger charge is -2.20. The van der Waals surface area contributed by atoms with Gasteiger partial charge in [0.05, 0.1) is 10.1 Å². The predicted molar refractivity (Wildman–Crippen MR) is 71.9 cm³/mol. The molecule has 1 aromatic carbocycles. The molecule has 1 aliphatic rings. The third-order valence-corrected chi connectivity index (χ3v) is 4.26. The highest BCUT2D eigenvalue weighted by Crippen LogP contribution is 2.31. The Kier molecular flexibility index (Phi) is 4.29. The molecule has 104 valence electrons. The summed E-state index contributed by atoms with van der Waals surface area (Å²) in [6.07, 6.45) is 1.99. The standard InChI is InChI=1S/C13H16F2N2OS/c1-8(13(18)17-4-2-3-5-17)19-12-10(14)6-9(16)7-11(12)15/h6-8H,2-5,16H2,1H3. The fourth-order valence-corrected chi connectivity index (χ4v) is 3.06. The number of nitrogens with zero attached hydrogens (tertiary/aromatic N) is 1. The van der Waals surface area contributed by atoms with Crippen LogP contribution in [-0.4, -0.2) is 29.1 Å². The summed E-state index contributed by atoms with van der Waals surface area (Å²) in [5.74, 6) is -1.51. The summed E-state index contributed by atoms with van der Waals surface area (Å²) in [5, 5.41) is -0.509. The second-order valence-electron chi connectivity index (χ2n) is 4.61. The van der Waals surface area contributed by atoms with Crippen LogP contribution < -0.4 is 5.73 Å². The molecule has 0 aliphatic carbocycles. The van der Waals surface area contributed by atoms with Gasteiger partial charge in [0.25, 0.3) is 0 Å². The number of likely N-dealkylation sites (tertiary alicyclic amines) is 1. The first-order valence-electron chi connectivity index (χ1n) is 6.19. The number of nitrogen functional groups attached to an aromatic ring is 1. The number of carbonyl (C=O) groups is 1. The molecular weight excluding hydrogens is 270 g/mol. The molecule has 1 atom stereocenters. The van der Waals surface area contributed by atoms with Crippen LogP contribution in [0.4, 0.5) is 14.5 Å². The highest BCUT2D eigenvalue weighted by molar-refractivity contribution is 8.00. The summed E-state index contributed by atoms with van der Waals surface area (Å²) >= 11 is 0.904. The number of amides is 1. The first-order valence-corrected chi connectivity index (χ1v) is 7.07. The van der Waals surface area contributed by atoms with E-state index < -0.39 is 16.9 Å². The molecule has 1 unspecified atom stereocenters. The van der Waals surface area contributed by atoms with Gasteiger partial charge in [0.1, 0.15) is 11.6 Å². The number of carbonyl (C=O) groups excluding carboxylic acids is 1. The molecule has 0 radical (unpaired) electrons. The van der Waals surface area contributed by atoms with Crippen LogP contribution in [0.5, 0.6) is 0 Å². The van der Waals surface area contributed by atoms with Crippen LogP contribution in [-0.2, 0) is 4.79 Å². The van der Waals surface area contributed by atoms with Crippen LogP contribution in [0.25, 0.3) is 0 Å². The summed E-state index contributed by atoms with van der Waals surface area (Å²) in [4.78, 5) is 13.7. The second-order valence-corrected chi connectivity index (χ2v) is 5.96. The van der Waals surface area contributed by atoms with E-state index in [4.69, 9.17) is 5.73 Å². The topological polar surface area (TPSA) is 46.3 Å². The zero-order valence-corrected chi connectivity index (χ0v) is 11.5. The molecule has 19 heavy (non-hydrogen) atoms. The van der Waals surface area contributed by atoms with E-state index in [1.54, 1.807) is 11.8 Å². The Labute approximate surface area is 115 Å². The zero-order chi connectivity index (χ0) is 14.0. The van der Waals surface area contributed by atoms with Crippen molar-refractivity contribution in [1.82, 2.24) is 4.90 Å². The number of nitrogens with two attached hydrogens (primary N) is 1. The molecule has 0 saturated carbocycles. The van der Waals surface area contributed by atoms with Gasteiger partial charge in [-0.25, -0.2) is 8.78 Å². The summed E-state index contributed by atoms with van der Waals surface area (Å²) in [5.41, 5.74) is 5.39. The molecule has 1 saturated heterocycles. The molecule has 1 amide bonds. The second kappa shape index (κ2) is 5.77. The quantitative estimate of drug-likeness (QED) is 0.686. The summed E-state index contributed by atoms with van der Waals surface area (Å²) in [6.45, 7) is 3.13. The Morgan fingerprint density at radius 1 is 1.32 bits per heavy atom. The SMILES string of the molecule is CC(Sc1c(F)cc(N)cc1F)C(=O)N1CCCC1. The first-order chi connectivity index (χ1) is 8.99. The largest absolute Gasteiger partial charge is 0.399 e. The number of anilines is 1. The van der Waals surface area contributed by atoms with E-state index in [2.05, 4.69) is 0 Å². The van der Waals surface area contributed by atoms with Gasteiger partial charge < -0.3 is 10.6 Å². The van der Waals surface area contributed by atoms with E-state index in [-0.39, 0.29) is 16.5 Å². The predicted octanol–water partition coefficient (Wildman–Crippen LogP) is 2.65. The van der Waals surface area contributed by atoms with Crippen molar-refractivity contribution in [1.29, 1.82) is 0 Å². The van der Waals surface area contributed by atoms with Gasteiger partial charge in [-0.15, -0.1) is 11.8 Å². The molecule has 1 fully saturated rings. The van der Waals surface area contributed by atoms with Crippen LogP contribution in [0.2, 0.25) is 0 Å². The van der Waals surface area contributed by atoms with Crippen molar-refractivity contribution in [2.45, 2.75) is 29.9 Å². The Hall–Kier alpha value is -1.30.